The van der Waals surface area contributed by atoms with Crippen molar-refractivity contribution < 1.29 is 24.4 Å². The Morgan fingerprint density at radius 2 is 1.82 bits per heavy atom. The molecule has 3 aromatic rings. The Hall–Kier alpha value is -4.30. The van der Waals surface area contributed by atoms with Crippen molar-refractivity contribution in [2.24, 2.45) is 23.7 Å². The summed E-state index contributed by atoms with van der Waals surface area (Å²) < 4.78 is 6.44. The molecule has 2 fully saturated rings. The highest BCUT2D eigenvalue weighted by Gasteiger charge is 2.57. The summed E-state index contributed by atoms with van der Waals surface area (Å²) in [5.74, 6) is -1.31. The third-order valence-electron chi connectivity index (χ3n) is 9.53. The van der Waals surface area contributed by atoms with E-state index in [9.17, 15) is 24.8 Å². The zero-order valence-electron chi connectivity index (χ0n) is 25.4. The second-order valence-electron chi connectivity index (χ2n) is 12.5. The molecule has 6 rings (SSSR count). The number of carbonyl (C=O) groups is 2. The first-order valence-corrected chi connectivity index (χ1v) is 15.6. The molecule has 3 aliphatic rings. The first-order chi connectivity index (χ1) is 21.2. The molecule has 2 amide bonds. The predicted molar refractivity (Wildman–Crippen MR) is 170 cm³/mol. The summed E-state index contributed by atoms with van der Waals surface area (Å²) in [7, 11) is 0. The van der Waals surface area contributed by atoms with Gasteiger partial charge in [0.1, 0.15) is 5.75 Å². The van der Waals surface area contributed by atoms with Crippen molar-refractivity contribution in [3.63, 3.8) is 0 Å². The summed E-state index contributed by atoms with van der Waals surface area (Å²) in [6.07, 6.45) is 6.16. The summed E-state index contributed by atoms with van der Waals surface area (Å²) in [4.78, 5) is 39.6. The highest BCUT2D eigenvalue weighted by atomic mass is 16.6. The van der Waals surface area contributed by atoms with Crippen LogP contribution in [0.15, 0.2) is 77.4 Å². The molecule has 1 aliphatic carbocycles. The lowest BCUT2D eigenvalue weighted by molar-refractivity contribution is -0.384. The van der Waals surface area contributed by atoms with E-state index in [0.29, 0.717) is 13.0 Å². The molecule has 0 aromatic heterocycles. The number of rotatable bonds is 9. The van der Waals surface area contributed by atoms with Crippen molar-refractivity contribution in [1.29, 1.82) is 0 Å². The molecule has 2 heterocycles. The van der Waals surface area contributed by atoms with Crippen LogP contribution in [-0.2, 0) is 14.3 Å². The molecule has 2 aliphatic heterocycles. The van der Waals surface area contributed by atoms with Gasteiger partial charge in [-0.25, -0.2) is 4.90 Å². The number of fused-ring (bicyclic) bond motifs is 4. The Balaban J connectivity index is 1.27. The van der Waals surface area contributed by atoms with Gasteiger partial charge in [-0.2, -0.15) is 0 Å². The quantitative estimate of drug-likeness (QED) is 0.118. The molecule has 0 unspecified atom stereocenters. The zero-order valence-corrected chi connectivity index (χ0v) is 25.4. The fourth-order valence-corrected chi connectivity index (χ4v) is 7.52. The lowest BCUT2D eigenvalue weighted by Crippen LogP contribution is -2.35. The van der Waals surface area contributed by atoms with Gasteiger partial charge in [-0.05, 0) is 60.3 Å². The fourth-order valence-electron chi connectivity index (χ4n) is 7.52. The second kappa shape index (κ2) is 12.0. The van der Waals surface area contributed by atoms with Crippen LogP contribution in [0.3, 0.4) is 0 Å². The Kier molecular flexibility index (Phi) is 8.12. The van der Waals surface area contributed by atoms with Crippen molar-refractivity contribution in [3.8, 4) is 5.75 Å². The minimum Gasteiger partial charge on any atom is -0.507 e. The highest BCUT2D eigenvalue weighted by molar-refractivity contribution is 6.22. The molecule has 228 valence electrons. The normalized spacial score (nSPS) is 23.5. The van der Waals surface area contributed by atoms with Gasteiger partial charge in [0.25, 0.3) is 5.69 Å². The summed E-state index contributed by atoms with van der Waals surface area (Å²) in [5, 5.41) is 23.6. The van der Waals surface area contributed by atoms with Crippen molar-refractivity contribution in [2.45, 2.75) is 59.0 Å². The van der Waals surface area contributed by atoms with E-state index in [-0.39, 0.29) is 46.9 Å². The van der Waals surface area contributed by atoms with Crippen LogP contribution in [0.5, 0.6) is 5.75 Å². The average Bonchev–Trinajstić information content (AvgIpc) is 3.54. The lowest BCUT2D eigenvalue weighted by Gasteiger charge is -2.33. The van der Waals surface area contributed by atoms with Crippen LogP contribution < -0.4 is 4.90 Å². The molecule has 8 nitrogen and oxygen atoms in total. The van der Waals surface area contributed by atoms with Gasteiger partial charge in [-0.1, -0.05) is 80.8 Å². The monoisotopic (exact) mass is 594 g/mol. The van der Waals surface area contributed by atoms with E-state index in [0.717, 1.165) is 42.0 Å². The number of anilines is 1. The molecule has 1 N–H and O–H groups in total. The molecule has 0 saturated carbocycles. The first-order valence-electron chi connectivity index (χ1n) is 15.6. The smallest absolute Gasteiger partial charge is 0.271 e. The fraction of sp³-hybridized carbons (Fsp3) is 0.389. The molecule has 0 spiro atoms. The van der Waals surface area contributed by atoms with Gasteiger partial charge in [0.15, 0.2) is 0 Å². The maximum Gasteiger partial charge on any atom is 0.271 e. The average molecular weight is 595 g/mol. The minimum atomic E-state index is -0.529. The Morgan fingerprint density at radius 3 is 2.55 bits per heavy atom. The SMILES string of the molecule is CCC/C(=C\c1ccc(O)c2ccccc12)CC[C@H]1OC[C@H]2C1=C(C(C)C)C[C@H]1C(=O)N(c3cccc([N+](=O)[O-])c3)C(=O)[C@H]12. The number of phenolic OH excluding ortho intramolecular Hbond substituents is 1. The minimum absolute atomic E-state index is 0.134. The molecule has 0 bridgehead atoms. The summed E-state index contributed by atoms with van der Waals surface area (Å²) >= 11 is 0. The Labute approximate surface area is 257 Å². The van der Waals surface area contributed by atoms with Crippen LogP contribution >= 0.6 is 0 Å². The first kappa shape index (κ1) is 29.8. The molecular formula is C36H38N2O6. The van der Waals surface area contributed by atoms with Crippen LogP contribution in [0.2, 0.25) is 0 Å². The number of nitro groups is 1. The van der Waals surface area contributed by atoms with Crippen molar-refractivity contribution >= 4 is 40.0 Å². The molecule has 4 atom stereocenters. The van der Waals surface area contributed by atoms with E-state index in [4.69, 9.17) is 4.74 Å². The number of allylic oxidation sites excluding steroid dienone is 2. The Morgan fingerprint density at radius 1 is 1.05 bits per heavy atom. The summed E-state index contributed by atoms with van der Waals surface area (Å²) in [5.41, 5.74) is 4.86. The van der Waals surface area contributed by atoms with Crippen molar-refractivity contribution in [2.75, 3.05) is 11.5 Å². The van der Waals surface area contributed by atoms with Gasteiger partial charge >= 0.3 is 0 Å². The highest BCUT2D eigenvalue weighted by Crippen LogP contribution is 2.52. The number of non-ortho nitro benzene ring substituents is 1. The zero-order chi connectivity index (χ0) is 31.1. The molecule has 44 heavy (non-hydrogen) atoms. The van der Waals surface area contributed by atoms with E-state index in [1.807, 2.05) is 30.3 Å². The largest absolute Gasteiger partial charge is 0.507 e. The third kappa shape index (κ3) is 5.21. The topological polar surface area (TPSA) is 110 Å². The van der Waals surface area contributed by atoms with E-state index in [2.05, 4.69) is 26.8 Å². The van der Waals surface area contributed by atoms with E-state index in [1.54, 1.807) is 12.1 Å². The summed E-state index contributed by atoms with van der Waals surface area (Å²) in [6, 6.07) is 17.3. The number of benzene rings is 3. The Bertz CT molecular complexity index is 1710. The second-order valence-corrected chi connectivity index (χ2v) is 12.5. The van der Waals surface area contributed by atoms with Crippen molar-refractivity contribution in [1.82, 2.24) is 0 Å². The standard InChI is InChI=1S/C36H38N2O6/c1-4-8-22(17-23-14-15-31(39)27-12-6-5-11-26(23)27)13-16-32-33-28(21(2)3)19-29-34(30(33)20-44-32)36(41)37(35(29)40)24-9-7-10-25(18-24)38(42)43/h5-7,9-12,14-15,17-18,21,29-30,32,34,39H,4,8,13,16,19-20H2,1-3H3/b22-17+/t29-,30+,32-,34-/m1/s1. The number of nitrogens with zero attached hydrogens (tertiary/aromatic N) is 2. The van der Waals surface area contributed by atoms with Crippen LogP contribution in [0.25, 0.3) is 16.8 Å². The van der Waals surface area contributed by atoms with E-state index >= 15 is 0 Å². The number of carbonyl (C=O) groups excluding carboxylic acids is 2. The number of amides is 2. The molecular weight excluding hydrogens is 556 g/mol. The van der Waals surface area contributed by atoms with Crippen LogP contribution in [0, 0.1) is 33.8 Å². The third-order valence-corrected chi connectivity index (χ3v) is 9.53. The maximum atomic E-state index is 13.9. The van der Waals surface area contributed by atoms with Crippen molar-refractivity contribution in [3.05, 3.63) is 93.1 Å². The molecule has 8 heteroatoms. The number of hydrogen-bond donors (Lipinski definition) is 1. The van der Waals surface area contributed by atoms with Gasteiger partial charge in [0.05, 0.1) is 35.2 Å². The number of imide groups is 1. The van der Waals surface area contributed by atoms with Gasteiger partial charge in [0.2, 0.25) is 11.8 Å². The summed E-state index contributed by atoms with van der Waals surface area (Å²) in [6.45, 7) is 6.82. The number of aromatic hydroxyl groups is 1. The lowest BCUT2D eigenvalue weighted by atomic mass is 9.67. The maximum absolute atomic E-state index is 13.9. The molecule has 3 aromatic carbocycles. The number of phenols is 1. The van der Waals surface area contributed by atoms with E-state index < -0.39 is 16.8 Å². The van der Waals surface area contributed by atoms with Gasteiger partial charge in [-0.3, -0.25) is 19.7 Å². The molecule has 0 radical (unpaired) electrons. The van der Waals surface area contributed by atoms with Gasteiger partial charge in [0, 0.05) is 23.4 Å². The van der Waals surface area contributed by atoms with Crippen LogP contribution in [0.1, 0.15) is 58.4 Å². The van der Waals surface area contributed by atoms with Crippen LogP contribution in [-0.4, -0.2) is 34.6 Å². The van der Waals surface area contributed by atoms with Crippen LogP contribution in [0.4, 0.5) is 11.4 Å². The number of ether oxygens (including phenoxy) is 1. The molecule has 2 saturated heterocycles. The van der Waals surface area contributed by atoms with E-state index in [1.165, 1.54) is 39.8 Å². The van der Waals surface area contributed by atoms with Gasteiger partial charge < -0.3 is 9.84 Å². The number of nitro benzene ring substituents is 1. The van der Waals surface area contributed by atoms with Gasteiger partial charge in [-0.15, -0.1) is 0 Å². The predicted octanol–water partition coefficient (Wildman–Crippen LogP) is 7.59. The number of hydrogen-bond acceptors (Lipinski definition) is 6.